The summed E-state index contributed by atoms with van der Waals surface area (Å²) in [6.45, 7) is 1.17. The number of alkyl halides is 3. The SMILES string of the molecule is NCc1c(Cl)cccc1Nc1ccc(N2CCC(C(F)(F)F)CC2)cc1. The fraction of sp³-hybridized carbons (Fsp3) is 0.368. The van der Waals surface area contributed by atoms with Gasteiger partial charge in [-0.25, -0.2) is 0 Å². The molecule has 0 aromatic heterocycles. The van der Waals surface area contributed by atoms with E-state index in [2.05, 4.69) is 5.32 Å². The van der Waals surface area contributed by atoms with E-state index in [0.717, 1.165) is 22.6 Å². The molecule has 3 N–H and O–H groups in total. The third-order valence-electron chi connectivity index (χ3n) is 4.79. The molecule has 0 saturated carbocycles. The van der Waals surface area contributed by atoms with Gasteiger partial charge in [-0.05, 0) is 49.2 Å². The highest BCUT2D eigenvalue weighted by Crippen LogP contribution is 2.35. The Morgan fingerprint density at radius 3 is 2.31 bits per heavy atom. The van der Waals surface area contributed by atoms with Crippen LogP contribution < -0.4 is 16.0 Å². The summed E-state index contributed by atoms with van der Waals surface area (Å²) in [6, 6.07) is 13.2. The Kier molecular flexibility index (Phi) is 5.63. The molecule has 140 valence electrons. The second-order valence-electron chi connectivity index (χ2n) is 6.44. The molecular weight excluding hydrogens is 363 g/mol. The van der Waals surface area contributed by atoms with E-state index in [4.69, 9.17) is 17.3 Å². The maximum absolute atomic E-state index is 12.8. The minimum absolute atomic E-state index is 0.145. The Morgan fingerprint density at radius 2 is 1.73 bits per heavy atom. The molecule has 2 aromatic carbocycles. The van der Waals surface area contributed by atoms with Crippen molar-refractivity contribution in [3.63, 3.8) is 0 Å². The third-order valence-corrected chi connectivity index (χ3v) is 5.15. The van der Waals surface area contributed by atoms with Crippen LogP contribution in [0.3, 0.4) is 0 Å². The van der Waals surface area contributed by atoms with E-state index in [0.29, 0.717) is 24.7 Å². The fourth-order valence-corrected chi connectivity index (χ4v) is 3.51. The van der Waals surface area contributed by atoms with Crippen molar-refractivity contribution in [2.45, 2.75) is 25.6 Å². The molecule has 0 radical (unpaired) electrons. The van der Waals surface area contributed by atoms with Gasteiger partial charge in [-0.1, -0.05) is 17.7 Å². The molecule has 1 saturated heterocycles. The average molecular weight is 384 g/mol. The van der Waals surface area contributed by atoms with Gasteiger partial charge in [0, 0.05) is 47.3 Å². The molecule has 0 amide bonds. The maximum Gasteiger partial charge on any atom is 0.391 e. The van der Waals surface area contributed by atoms with Gasteiger partial charge >= 0.3 is 6.18 Å². The van der Waals surface area contributed by atoms with Crippen molar-refractivity contribution in [2.24, 2.45) is 11.7 Å². The predicted octanol–water partition coefficient (Wildman–Crippen LogP) is 5.32. The number of nitrogens with zero attached hydrogens (tertiary/aromatic N) is 1. The molecule has 0 unspecified atom stereocenters. The average Bonchev–Trinajstić information content (AvgIpc) is 2.62. The standard InChI is InChI=1S/C19H21ClF3N3/c20-17-2-1-3-18(16(17)12-24)25-14-4-6-15(7-5-14)26-10-8-13(9-11-26)19(21,22)23/h1-7,13,25H,8-12,24H2. The topological polar surface area (TPSA) is 41.3 Å². The Labute approximate surface area is 155 Å². The van der Waals surface area contributed by atoms with Gasteiger partial charge in [-0.3, -0.25) is 0 Å². The third kappa shape index (κ3) is 4.24. The van der Waals surface area contributed by atoms with Gasteiger partial charge in [0.1, 0.15) is 0 Å². The number of anilines is 3. The van der Waals surface area contributed by atoms with Gasteiger partial charge in [-0.15, -0.1) is 0 Å². The van der Waals surface area contributed by atoms with Crippen LogP contribution >= 0.6 is 11.6 Å². The van der Waals surface area contributed by atoms with Crippen molar-refractivity contribution in [2.75, 3.05) is 23.3 Å². The van der Waals surface area contributed by atoms with Crippen molar-refractivity contribution in [1.82, 2.24) is 0 Å². The molecule has 2 aromatic rings. The number of hydrogen-bond donors (Lipinski definition) is 2. The Bertz CT molecular complexity index is 739. The van der Waals surface area contributed by atoms with Crippen molar-refractivity contribution in [1.29, 1.82) is 0 Å². The predicted molar refractivity (Wildman–Crippen MR) is 100 cm³/mol. The number of piperidine rings is 1. The number of nitrogens with one attached hydrogen (secondary N) is 1. The van der Waals surface area contributed by atoms with E-state index in [1.165, 1.54) is 0 Å². The lowest BCUT2D eigenvalue weighted by atomic mass is 9.96. The molecule has 0 spiro atoms. The molecule has 0 bridgehead atoms. The molecule has 3 rings (SSSR count). The zero-order chi connectivity index (χ0) is 18.7. The molecule has 1 fully saturated rings. The minimum atomic E-state index is -4.09. The molecule has 26 heavy (non-hydrogen) atoms. The van der Waals surface area contributed by atoms with Crippen molar-refractivity contribution >= 4 is 28.7 Å². The summed E-state index contributed by atoms with van der Waals surface area (Å²) < 4.78 is 38.3. The van der Waals surface area contributed by atoms with Gasteiger partial charge in [0.05, 0.1) is 5.92 Å². The van der Waals surface area contributed by atoms with Gasteiger partial charge in [0.25, 0.3) is 0 Å². The van der Waals surface area contributed by atoms with Crippen LogP contribution in [0.4, 0.5) is 30.2 Å². The van der Waals surface area contributed by atoms with Crippen LogP contribution in [-0.2, 0) is 6.54 Å². The van der Waals surface area contributed by atoms with E-state index >= 15 is 0 Å². The largest absolute Gasteiger partial charge is 0.391 e. The summed E-state index contributed by atoms with van der Waals surface area (Å²) in [7, 11) is 0. The highest BCUT2D eigenvalue weighted by atomic mass is 35.5. The Hall–Kier alpha value is -1.92. The molecule has 7 heteroatoms. The van der Waals surface area contributed by atoms with E-state index in [-0.39, 0.29) is 12.8 Å². The molecule has 1 aliphatic heterocycles. The van der Waals surface area contributed by atoms with E-state index in [1.807, 2.05) is 41.3 Å². The molecular formula is C19H21ClF3N3. The van der Waals surface area contributed by atoms with Crippen LogP contribution in [0.25, 0.3) is 0 Å². The van der Waals surface area contributed by atoms with Crippen LogP contribution in [0.2, 0.25) is 5.02 Å². The molecule has 0 atom stereocenters. The summed E-state index contributed by atoms with van der Waals surface area (Å²) in [4.78, 5) is 2.00. The lowest BCUT2D eigenvalue weighted by Crippen LogP contribution is -2.38. The second-order valence-corrected chi connectivity index (χ2v) is 6.85. The van der Waals surface area contributed by atoms with Crippen LogP contribution in [0.1, 0.15) is 18.4 Å². The highest BCUT2D eigenvalue weighted by molar-refractivity contribution is 6.31. The summed E-state index contributed by atoms with van der Waals surface area (Å²) in [5.74, 6) is -1.18. The van der Waals surface area contributed by atoms with Crippen LogP contribution in [0.5, 0.6) is 0 Å². The Morgan fingerprint density at radius 1 is 1.08 bits per heavy atom. The van der Waals surface area contributed by atoms with E-state index in [9.17, 15) is 13.2 Å². The zero-order valence-corrected chi connectivity index (χ0v) is 14.9. The molecule has 1 heterocycles. The quantitative estimate of drug-likeness (QED) is 0.750. The first-order valence-electron chi connectivity index (χ1n) is 8.54. The molecule has 0 aliphatic carbocycles. The van der Waals surface area contributed by atoms with E-state index < -0.39 is 12.1 Å². The summed E-state index contributed by atoms with van der Waals surface area (Å²) in [5.41, 5.74) is 9.25. The number of hydrogen-bond acceptors (Lipinski definition) is 3. The molecule has 3 nitrogen and oxygen atoms in total. The van der Waals surface area contributed by atoms with Gasteiger partial charge in [0.15, 0.2) is 0 Å². The number of rotatable bonds is 4. The number of benzene rings is 2. The summed E-state index contributed by atoms with van der Waals surface area (Å²) in [6.07, 6.45) is -3.80. The lowest BCUT2D eigenvalue weighted by Gasteiger charge is -2.34. The fourth-order valence-electron chi connectivity index (χ4n) is 3.26. The highest BCUT2D eigenvalue weighted by Gasteiger charge is 2.41. The minimum Gasteiger partial charge on any atom is -0.372 e. The lowest BCUT2D eigenvalue weighted by molar-refractivity contribution is -0.179. The van der Waals surface area contributed by atoms with Crippen LogP contribution in [-0.4, -0.2) is 19.3 Å². The first kappa shape index (κ1) is 18.9. The van der Waals surface area contributed by atoms with Crippen molar-refractivity contribution in [3.8, 4) is 0 Å². The first-order chi connectivity index (χ1) is 12.4. The maximum atomic E-state index is 12.8. The monoisotopic (exact) mass is 383 g/mol. The van der Waals surface area contributed by atoms with Gasteiger partial charge in [-0.2, -0.15) is 13.2 Å². The second kappa shape index (κ2) is 7.76. The van der Waals surface area contributed by atoms with Crippen LogP contribution in [0, 0.1) is 5.92 Å². The summed E-state index contributed by atoms with van der Waals surface area (Å²) >= 11 is 6.16. The number of halogens is 4. The summed E-state index contributed by atoms with van der Waals surface area (Å²) in [5, 5.41) is 3.90. The molecule has 1 aliphatic rings. The number of nitrogens with two attached hydrogens (primary N) is 1. The Balaban J connectivity index is 1.66. The zero-order valence-electron chi connectivity index (χ0n) is 14.2. The normalized spacial score (nSPS) is 16.0. The van der Waals surface area contributed by atoms with Crippen molar-refractivity contribution < 1.29 is 13.2 Å². The first-order valence-corrected chi connectivity index (χ1v) is 8.92. The van der Waals surface area contributed by atoms with Crippen molar-refractivity contribution in [3.05, 3.63) is 53.1 Å². The van der Waals surface area contributed by atoms with E-state index in [1.54, 1.807) is 6.07 Å². The van der Waals surface area contributed by atoms with Crippen LogP contribution in [0.15, 0.2) is 42.5 Å². The van der Waals surface area contributed by atoms with Gasteiger partial charge in [0.2, 0.25) is 0 Å². The van der Waals surface area contributed by atoms with Gasteiger partial charge < -0.3 is 16.0 Å². The smallest absolute Gasteiger partial charge is 0.372 e.